The van der Waals surface area contributed by atoms with Crippen molar-refractivity contribution >= 4 is 23.4 Å². The molecule has 2 aromatic carbocycles. The number of carbonyl (C=O) groups excluding carboxylic acids is 2. The summed E-state index contributed by atoms with van der Waals surface area (Å²) < 4.78 is 18.8. The van der Waals surface area contributed by atoms with Crippen molar-refractivity contribution in [1.82, 2.24) is 15.0 Å². The van der Waals surface area contributed by atoms with E-state index in [2.05, 4.69) is 5.16 Å². The first-order chi connectivity index (χ1) is 14.0. The summed E-state index contributed by atoms with van der Waals surface area (Å²) in [6.45, 7) is 0.665. The van der Waals surface area contributed by atoms with Crippen molar-refractivity contribution in [2.24, 2.45) is 0 Å². The van der Waals surface area contributed by atoms with Gasteiger partial charge >= 0.3 is 0 Å². The maximum atomic E-state index is 14.0. The van der Waals surface area contributed by atoms with Gasteiger partial charge in [-0.25, -0.2) is 4.39 Å². The molecule has 1 saturated heterocycles. The van der Waals surface area contributed by atoms with E-state index in [1.54, 1.807) is 34.1 Å². The topological polar surface area (TPSA) is 66.7 Å². The van der Waals surface area contributed by atoms with E-state index in [1.807, 2.05) is 0 Å². The van der Waals surface area contributed by atoms with Gasteiger partial charge in [0, 0.05) is 36.2 Å². The van der Waals surface area contributed by atoms with Gasteiger partial charge in [-0.05, 0) is 41.5 Å². The highest BCUT2D eigenvalue weighted by atomic mass is 35.5. The molecular formula is C21H15ClFN3O3. The van der Waals surface area contributed by atoms with Crippen LogP contribution in [0.1, 0.15) is 32.0 Å². The summed E-state index contributed by atoms with van der Waals surface area (Å²) in [6, 6.07) is 12.6. The Morgan fingerprint density at radius 2 is 1.93 bits per heavy atom. The standard InChI is InChI=1S/C21H15ClFN3O3/c22-15-3-1-14(2-4-15)21-12-13-11-16(23)5-6-17(13)19(27)25(21)8-9-26(21)20(28)18-7-10-29-24-18/h1-7,10-11H,8-9,12H2. The zero-order chi connectivity index (χ0) is 20.2. The normalized spacial score (nSPS) is 20.6. The van der Waals surface area contributed by atoms with Crippen LogP contribution in [0.4, 0.5) is 4.39 Å². The molecule has 0 radical (unpaired) electrons. The molecule has 2 aliphatic heterocycles. The van der Waals surface area contributed by atoms with Crippen LogP contribution >= 0.6 is 11.6 Å². The second-order valence-electron chi connectivity index (χ2n) is 7.10. The average Bonchev–Trinajstić information content (AvgIpc) is 3.37. The van der Waals surface area contributed by atoms with Crippen LogP contribution in [0.2, 0.25) is 5.02 Å². The second kappa shape index (κ2) is 6.42. The lowest BCUT2D eigenvalue weighted by molar-refractivity contribution is 0.00721. The maximum absolute atomic E-state index is 14.0. The van der Waals surface area contributed by atoms with Gasteiger partial charge in [-0.3, -0.25) is 9.59 Å². The number of amides is 2. The van der Waals surface area contributed by atoms with Crippen molar-refractivity contribution in [1.29, 1.82) is 0 Å². The molecule has 0 saturated carbocycles. The fourth-order valence-corrected chi connectivity index (χ4v) is 4.49. The summed E-state index contributed by atoms with van der Waals surface area (Å²) in [6.07, 6.45) is 1.59. The Kier molecular flexibility index (Phi) is 3.96. The van der Waals surface area contributed by atoms with Gasteiger partial charge in [-0.1, -0.05) is 28.9 Å². The number of carbonyl (C=O) groups is 2. The molecule has 1 fully saturated rings. The van der Waals surface area contributed by atoms with Gasteiger partial charge in [0.2, 0.25) is 0 Å². The van der Waals surface area contributed by atoms with Crippen LogP contribution in [-0.2, 0) is 12.1 Å². The first-order valence-corrected chi connectivity index (χ1v) is 9.47. The first kappa shape index (κ1) is 17.9. The van der Waals surface area contributed by atoms with Crippen LogP contribution in [-0.4, -0.2) is 39.9 Å². The molecule has 0 N–H and O–H groups in total. The van der Waals surface area contributed by atoms with Crippen LogP contribution in [0.5, 0.6) is 0 Å². The van der Waals surface area contributed by atoms with Gasteiger partial charge in [0.15, 0.2) is 5.69 Å². The molecule has 0 spiro atoms. The smallest absolute Gasteiger partial charge is 0.278 e. The Hall–Kier alpha value is -3.19. The fourth-order valence-electron chi connectivity index (χ4n) is 4.37. The van der Waals surface area contributed by atoms with E-state index < -0.39 is 11.5 Å². The number of nitrogens with zero attached hydrogens (tertiary/aromatic N) is 3. The zero-order valence-electron chi connectivity index (χ0n) is 15.1. The van der Waals surface area contributed by atoms with Gasteiger partial charge < -0.3 is 14.3 Å². The molecule has 3 aromatic rings. The van der Waals surface area contributed by atoms with E-state index in [1.165, 1.54) is 30.5 Å². The van der Waals surface area contributed by atoms with Gasteiger partial charge in [0.1, 0.15) is 17.7 Å². The van der Waals surface area contributed by atoms with Gasteiger partial charge in [-0.2, -0.15) is 0 Å². The predicted octanol–water partition coefficient (Wildman–Crippen LogP) is 3.47. The molecule has 0 aliphatic carbocycles. The SMILES string of the molecule is O=C(c1ccon1)N1CCN2C(=O)c3ccc(F)cc3CC12c1ccc(Cl)cc1. The largest absolute Gasteiger partial charge is 0.364 e. The Balaban J connectivity index is 1.72. The van der Waals surface area contributed by atoms with Crippen LogP contribution in [0.3, 0.4) is 0 Å². The van der Waals surface area contributed by atoms with Crippen molar-refractivity contribution in [3.05, 3.63) is 88.0 Å². The maximum Gasteiger partial charge on any atom is 0.278 e. The van der Waals surface area contributed by atoms with Crippen molar-refractivity contribution in [3.8, 4) is 0 Å². The lowest BCUT2D eigenvalue weighted by atomic mass is 9.83. The minimum atomic E-state index is -1.10. The van der Waals surface area contributed by atoms with Crippen molar-refractivity contribution < 1.29 is 18.5 Å². The van der Waals surface area contributed by atoms with Crippen molar-refractivity contribution in [2.75, 3.05) is 13.1 Å². The second-order valence-corrected chi connectivity index (χ2v) is 7.54. The average molecular weight is 412 g/mol. The number of benzene rings is 2. The van der Waals surface area contributed by atoms with Gasteiger partial charge in [0.25, 0.3) is 11.8 Å². The molecule has 3 heterocycles. The summed E-state index contributed by atoms with van der Waals surface area (Å²) in [5, 5.41) is 4.30. The summed E-state index contributed by atoms with van der Waals surface area (Å²) >= 11 is 6.07. The Morgan fingerprint density at radius 1 is 1.14 bits per heavy atom. The predicted molar refractivity (Wildman–Crippen MR) is 102 cm³/mol. The number of rotatable bonds is 2. The highest BCUT2D eigenvalue weighted by Gasteiger charge is 2.56. The molecule has 1 atom stereocenters. The molecular weight excluding hydrogens is 397 g/mol. The Bertz CT molecular complexity index is 1120. The molecule has 5 rings (SSSR count). The van der Waals surface area contributed by atoms with Gasteiger partial charge in [0.05, 0.1) is 0 Å². The molecule has 1 aromatic heterocycles. The zero-order valence-corrected chi connectivity index (χ0v) is 15.9. The summed E-state index contributed by atoms with van der Waals surface area (Å²) in [4.78, 5) is 29.9. The first-order valence-electron chi connectivity index (χ1n) is 9.09. The number of fused-ring (bicyclic) bond motifs is 2. The van der Waals surface area contributed by atoms with E-state index >= 15 is 0 Å². The molecule has 29 heavy (non-hydrogen) atoms. The molecule has 0 bridgehead atoms. The fraction of sp³-hybridized carbons (Fsp3) is 0.190. The lowest BCUT2D eigenvalue weighted by Crippen LogP contribution is -2.58. The third-order valence-electron chi connectivity index (χ3n) is 5.63. The molecule has 146 valence electrons. The third kappa shape index (κ3) is 2.57. The van der Waals surface area contributed by atoms with Crippen molar-refractivity contribution in [2.45, 2.75) is 12.1 Å². The number of aromatic nitrogens is 1. The monoisotopic (exact) mass is 411 g/mol. The van der Waals surface area contributed by atoms with E-state index in [0.29, 0.717) is 29.2 Å². The minimum Gasteiger partial charge on any atom is -0.364 e. The summed E-state index contributed by atoms with van der Waals surface area (Å²) in [7, 11) is 0. The van der Waals surface area contributed by atoms with Crippen molar-refractivity contribution in [3.63, 3.8) is 0 Å². The van der Waals surface area contributed by atoms with E-state index in [0.717, 1.165) is 5.56 Å². The highest BCUT2D eigenvalue weighted by molar-refractivity contribution is 6.30. The van der Waals surface area contributed by atoms with E-state index in [9.17, 15) is 14.0 Å². The molecule has 8 heteroatoms. The number of hydrogen-bond donors (Lipinski definition) is 0. The quantitative estimate of drug-likeness (QED) is 0.647. The lowest BCUT2D eigenvalue weighted by Gasteiger charge is -2.47. The molecule has 2 amide bonds. The highest BCUT2D eigenvalue weighted by Crippen LogP contribution is 2.45. The summed E-state index contributed by atoms with van der Waals surface area (Å²) in [5.74, 6) is -1.02. The Morgan fingerprint density at radius 3 is 2.66 bits per heavy atom. The summed E-state index contributed by atoms with van der Waals surface area (Å²) in [5.41, 5.74) is 0.781. The van der Waals surface area contributed by atoms with Crippen LogP contribution in [0.25, 0.3) is 0 Å². The Labute approximate surface area is 170 Å². The van der Waals surface area contributed by atoms with Crippen LogP contribution in [0, 0.1) is 5.82 Å². The molecule has 6 nitrogen and oxygen atoms in total. The minimum absolute atomic E-state index is 0.151. The molecule has 1 unspecified atom stereocenters. The molecule has 2 aliphatic rings. The van der Waals surface area contributed by atoms with Gasteiger partial charge in [-0.15, -0.1) is 0 Å². The van der Waals surface area contributed by atoms with E-state index in [4.69, 9.17) is 16.1 Å². The van der Waals surface area contributed by atoms with Crippen LogP contribution < -0.4 is 0 Å². The van der Waals surface area contributed by atoms with E-state index in [-0.39, 0.29) is 23.9 Å². The van der Waals surface area contributed by atoms with Crippen LogP contribution in [0.15, 0.2) is 59.3 Å². The third-order valence-corrected chi connectivity index (χ3v) is 5.88. The number of hydrogen-bond acceptors (Lipinski definition) is 4. The number of halogens is 2.